The van der Waals surface area contributed by atoms with E-state index in [1.165, 1.54) is 0 Å². The first kappa shape index (κ1) is 13.9. The SMILES string of the molecule is Cc1cc(C)c(C(=N)N)c(Oc2cc(F)ccc2F)n1. The van der Waals surface area contributed by atoms with Crippen molar-refractivity contribution in [3.63, 3.8) is 0 Å². The average molecular weight is 277 g/mol. The van der Waals surface area contributed by atoms with Crippen LogP contribution in [0.5, 0.6) is 11.6 Å². The molecule has 0 amide bonds. The fourth-order valence-corrected chi connectivity index (χ4v) is 1.86. The third kappa shape index (κ3) is 2.74. The number of nitrogen functional groups attached to an aromatic ring is 1. The van der Waals surface area contributed by atoms with Gasteiger partial charge in [-0.25, -0.2) is 13.8 Å². The number of pyridine rings is 1. The molecule has 0 unspecified atom stereocenters. The van der Waals surface area contributed by atoms with Gasteiger partial charge < -0.3 is 10.5 Å². The van der Waals surface area contributed by atoms with Gasteiger partial charge in [0.1, 0.15) is 11.7 Å². The number of ether oxygens (including phenoxy) is 1. The molecule has 0 aliphatic heterocycles. The Morgan fingerprint density at radius 3 is 2.60 bits per heavy atom. The monoisotopic (exact) mass is 277 g/mol. The minimum Gasteiger partial charge on any atom is -0.435 e. The number of halogens is 2. The first-order chi connectivity index (χ1) is 9.38. The quantitative estimate of drug-likeness (QED) is 0.669. The molecule has 1 aromatic carbocycles. The highest BCUT2D eigenvalue weighted by Gasteiger charge is 2.16. The van der Waals surface area contributed by atoms with Crippen LogP contribution >= 0.6 is 0 Å². The number of benzene rings is 1. The topological polar surface area (TPSA) is 72.0 Å². The summed E-state index contributed by atoms with van der Waals surface area (Å²) in [6, 6.07) is 4.59. The molecular weight excluding hydrogens is 264 g/mol. The minimum absolute atomic E-state index is 0.0144. The van der Waals surface area contributed by atoms with E-state index >= 15 is 0 Å². The number of rotatable bonds is 3. The van der Waals surface area contributed by atoms with Gasteiger partial charge in [0.2, 0.25) is 5.88 Å². The molecule has 0 spiro atoms. The van der Waals surface area contributed by atoms with Crippen LogP contribution in [0.4, 0.5) is 8.78 Å². The summed E-state index contributed by atoms with van der Waals surface area (Å²) in [5.41, 5.74) is 7.05. The Bertz CT molecular complexity index is 686. The van der Waals surface area contributed by atoms with Gasteiger partial charge in [0.15, 0.2) is 11.6 Å². The Hall–Kier alpha value is -2.50. The molecule has 3 N–H and O–H groups in total. The van der Waals surface area contributed by atoms with Crippen molar-refractivity contribution in [1.29, 1.82) is 5.41 Å². The first-order valence-electron chi connectivity index (χ1n) is 5.84. The molecule has 1 heterocycles. The number of aryl methyl sites for hydroxylation is 2. The highest BCUT2D eigenvalue weighted by Crippen LogP contribution is 2.28. The molecule has 1 aromatic heterocycles. The van der Waals surface area contributed by atoms with Gasteiger partial charge in [0, 0.05) is 11.8 Å². The number of amidine groups is 1. The van der Waals surface area contributed by atoms with Gasteiger partial charge in [-0.2, -0.15) is 0 Å². The molecule has 0 saturated heterocycles. The summed E-state index contributed by atoms with van der Waals surface area (Å²) in [5, 5.41) is 7.54. The summed E-state index contributed by atoms with van der Waals surface area (Å²) in [4.78, 5) is 4.09. The van der Waals surface area contributed by atoms with Gasteiger partial charge in [0.25, 0.3) is 0 Å². The molecule has 104 valence electrons. The van der Waals surface area contributed by atoms with Gasteiger partial charge in [-0.05, 0) is 37.6 Å². The molecule has 0 bridgehead atoms. The summed E-state index contributed by atoms with van der Waals surface area (Å²) in [6.45, 7) is 3.46. The lowest BCUT2D eigenvalue weighted by Gasteiger charge is -2.13. The van der Waals surface area contributed by atoms with Gasteiger partial charge in [0.05, 0.1) is 5.56 Å². The number of nitrogens with one attached hydrogen (secondary N) is 1. The van der Waals surface area contributed by atoms with Crippen molar-refractivity contribution in [3.8, 4) is 11.6 Å². The van der Waals surface area contributed by atoms with Crippen molar-refractivity contribution in [2.75, 3.05) is 0 Å². The van der Waals surface area contributed by atoms with E-state index in [2.05, 4.69) is 4.98 Å². The molecule has 0 radical (unpaired) electrons. The van der Waals surface area contributed by atoms with Crippen LogP contribution in [0.25, 0.3) is 0 Å². The molecular formula is C14H13F2N3O. The van der Waals surface area contributed by atoms with Gasteiger partial charge >= 0.3 is 0 Å². The molecule has 0 saturated carbocycles. The van der Waals surface area contributed by atoms with Crippen LogP contribution in [0.3, 0.4) is 0 Å². The van der Waals surface area contributed by atoms with Gasteiger partial charge in [-0.3, -0.25) is 5.41 Å². The molecule has 0 fully saturated rings. The van der Waals surface area contributed by atoms with Crippen LogP contribution in [-0.2, 0) is 0 Å². The molecule has 0 aliphatic rings. The summed E-state index contributed by atoms with van der Waals surface area (Å²) in [6.07, 6.45) is 0. The average Bonchev–Trinajstić information content (AvgIpc) is 2.32. The second-order valence-corrected chi connectivity index (χ2v) is 4.35. The molecule has 6 heteroatoms. The van der Waals surface area contributed by atoms with Gasteiger partial charge in [-0.15, -0.1) is 0 Å². The minimum atomic E-state index is -0.720. The van der Waals surface area contributed by atoms with E-state index in [9.17, 15) is 8.78 Å². The molecule has 20 heavy (non-hydrogen) atoms. The summed E-state index contributed by atoms with van der Waals surface area (Å²) in [7, 11) is 0. The summed E-state index contributed by atoms with van der Waals surface area (Å²) >= 11 is 0. The zero-order valence-electron chi connectivity index (χ0n) is 11.0. The highest BCUT2D eigenvalue weighted by atomic mass is 19.1. The van der Waals surface area contributed by atoms with E-state index in [-0.39, 0.29) is 23.0 Å². The molecule has 0 atom stereocenters. The van der Waals surface area contributed by atoms with Crippen molar-refractivity contribution in [2.24, 2.45) is 5.73 Å². The van der Waals surface area contributed by atoms with Crippen molar-refractivity contribution in [2.45, 2.75) is 13.8 Å². The van der Waals surface area contributed by atoms with Gasteiger partial charge in [-0.1, -0.05) is 0 Å². The van der Waals surface area contributed by atoms with E-state index in [0.717, 1.165) is 18.2 Å². The number of hydrogen-bond donors (Lipinski definition) is 2. The van der Waals surface area contributed by atoms with E-state index in [0.29, 0.717) is 11.3 Å². The molecule has 2 rings (SSSR count). The number of nitrogens with zero attached hydrogens (tertiary/aromatic N) is 1. The Morgan fingerprint density at radius 2 is 1.95 bits per heavy atom. The third-order valence-electron chi connectivity index (χ3n) is 2.68. The van der Waals surface area contributed by atoms with Crippen molar-refractivity contribution >= 4 is 5.84 Å². The lowest BCUT2D eigenvalue weighted by molar-refractivity contribution is 0.420. The van der Waals surface area contributed by atoms with Crippen LogP contribution < -0.4 is 10.5 Å². The lowest BCUT2D eigenvalue weighted by Crippen LogP contribution is -2.15. The number of nitrogens with two attached hydrogens (primary N) is 1. The summed E-state index contributed by atoms with van der Waals surface area (Å²) in [5.74, 6) is -1.91. The first-order valence-corrected chi connectivity index (χ1v) is 5.84. The fourth-order valence-electron chi connectivity index (χ4n) is 1.86. The number of aromatic nitrogens is 1. The predicted octanol–water partition coefficient (Wildman–Crippen LogP) is 3.05. The third-order valence-corrected chi connectivity index (χ3v) is 2.68. The van der Waals surface area contributed by atoms with E-state index in [1.807, 2.05) is 0 Å². The normalized spacial score (nSPS) is 10.4. The van der Waals surface area contributed by atoms with E-state index in [1.54, 1.807) is 19.9 Å². The Labute approximate surface area is 114 Å². The van der Waals surface area contributed by atoms with Crippen LogP contribution in [0.1, 0.15) is 16.8 Å². The molecule has 0 aliphatic carbocycles. The maximum Gasteiger partial charge on any atom is 0.230 e. The van der Waals surface area contributed by atoms with Crippen molar-refractivity contribution in [1.82, 2.24) is 4.98 Å². The highest BCUT2D eigenvalue weighted by molar-refractivity contribution is 5.98. The Balaban J connectivity index is 2.53. The number of hydrogen-bond acceptors (Lipinski definition) is 3. The lowest BCUT2D eigenvalue weighted by atomic mass is 10.1. The largest absolute Gasteiger partial charge is 0.435 e. The zero-order chi connectivity index (χ0) is 14.9. The zero-order valence-corrected chi connectivity index (χ0v) is 11.0. The predicted molar refractivity (Wildman–Crippen MR) is 71.2 cm³/mol. The molecule has 2 aromatic rings. The van der Waals surface area contributed by atoms with E-state index in [4.69, 9.17) is 15.9 Å². The molecule has 4 nitrogen and oxygen atoms in total. The van der Waals surface area contributed by atoms with Crippen LogP contribution in [0.15, 0.2) is 24.3 Å². The maximum atomic E-state index is 13.6. The smallest absolute Gasteiger partial charge is 0.230 e. The van der Waals surface area contributed by atoms with E-state index < -0.39 is 11.6 Å². The van der Waals surface area contributed by atoms with Crippen LogP contribution in [0, 0.1) is 30.9 Å². The van der Waals surface area contributed by atoms with Crippen LogP contribution in [0.2, 0.25) is 0 Å². The second-order valence-electron chi connectivity index (χ2n) is 4.35. The second kappa shape index (κ2) is 5.24. The Kier molecular flexibility index (Phi) is 3.65. The maximum absolute atomic E-state index is 13.6. The Morgan fingerprint density at radius 1 is 1.25 bits per heavy atom. The van der Waals surface area contributed by atoms with Crippen molar-refractivity contribution in [3.05, 3.63) is 52.7 Å². The summed E-state index contributed by atoms with van der Waals surface area (Å²) < 4.78 is 32.0. The fraction of sp³-hybridized carbons (Fsp3) is 0.143. The van der Waals surface area contributed by atoms with Crippen molar-refractivity contribution < 1.29 is 13.5 Å². The van der Waals surface area contributed by atoms with Crippen LogP contribution in [-0.4, -0.2) is 10.8 Å². The standard InChI is InChI=1S/C14H13F2N3O/c1-7-5-8(2)19-14(12(7)13(17)18)20-11-6-9(15)3-4-10(11)16/h3-6H,1-2H3,(H3,17,18).